The SMILES string of the molecule is CC(C)(C)SCCNC1CCCC1(C)C. The fourth-order valence-electron chi connectivity index (χ4n) is 2.30. The second kappa shape index (κ2) is 5.09. The summed E-state index contributed by atoms with van der Waals surface area (Å²) in [7, 11) is 0. The van der Waals surface area contributed by atoms with Crippen LogP contribution in [0.15, 0.2) is 0 Å². The van der Waals surface area contributed by atoms with E-state index in [4.69, 9.17) is 0 Å². The van der Waals surface area contributed by atoms with Gasteiger partial charge in [-0.2, -0.15) is 11.8 Å². The van der Waals surface area contributed by atoms with Crippen LogP contribution >= 0.6 is 11.8 Å². The molecule has 1 aliphatic rings. The van der Waals surface area contributed by atoms with Crippen molar-refractivity contribution in [3.63, 3.8) is 0 Å². The molecular weight excluding hydrogens is 202 g/mol. The first-order chi connectivity index (χ1) is 6.81. The van der Waals surface area contributed by atoms with E-state index in [1.807, 2.05) is 0 Å². The van der Waals surface area contributed by atoms with Crippen molar-refractivity contribution in [2.45, 2.75) is 64.7 Å². The van der Waals surface area contributed by atoms with Crippen molar-refractivity contribution in [1.82, 2.24) is 5.32 Å². The zero-order valence-corrected chi connectivity index (χ0v) is 11.8. The lowest BCUT2D eigenvalue weighted by Gasteiger charge is -2.28. The maximum atomic E-state index is 3.72. The summed E-state index contributed by atoms with van der Waals surface area (Å²) in [6.45, 7) is 12.8. The first kappa shape index (κ1) is 13.4. The van der Waals surface area contributed by atoms with Crippen LogP contribution in [0.2, 0.25) is 0 Å². The maximum Gasteiger partial charge on any atom is 0.0119 e. The van der Waals surface area contributed by atoms with Crippen molar-refractivity contribution < 1.29 is 0 Å². The summed E-state index contributed by atoms with van der Waals surface area (Å²) in [6.07, 6.45) is 4.15. The van der Waals surface area contributed by atoms with E-state index in [0.29, 0.717) is 10.2 Å². The first-order valence-corrected chi connectivity index (χ1v) is 7.17. The molecule has 1 unspecified atom stereocenters. The molecule has 1 aliphatic carbocycles. The minimum atomic E-state index is 0.410. The lowest BCUT2D eigenvalue weighted by molar-refractivity contribution is 0.288. The van der Waals surface area contributed by atoms with Crippen LogP contribution in [0.4, 0.5) is 0 Å². The Labute approximate surface area is 99.8 Å². The maximum absolute atomic E-state index is 3.72. The van der Waals surface area contributed by atoms with Gasteiger partial charge in [0.2, 0.25) is 0 Å². The predicted molar refractivity (Wildman–Crippen MR) is 71.6 cm³/mol. The summed E-state index contributed by atoms with van der Waals surface area (Å²) in [4.78, 5) is 0. The van der Waals surface area contributed by atoms with E-state index in [9.17, 15) is 0 Å². The van der Waals surface area contributed by atoms with Crippen LogP contribution in [0.3, 0.4) is 0 Å². The monoisotopic (exact) mass is 229 g/mol. The highest BCUT2D eigenvalue weighted by Crippen LogP contribution is 2.37. The van der Waals surface area contributed by atoms with Gasteiger partial charge in [-0.25, -0.2) is 0 Å². The summed E-state index contributed by atoms with van der Waals surface area (Å²) in [5.41, 5.74) is 0.520. The van der Waals surface area contributed by atoms with Crippen molar-refractivity contribution in [1.29, 1.82) is 0 Å². The van der Waals surface area contributed by atoms with Gasteiger partial charge < -0.3 is 5.32 Å². The number of hydrogen-bond donors (Lipinski definition) is 1. The number of hydrogen-bond acceptors (Lipinski definition) is 2. The van der Waals surface area contributed by atoms with Crippen LogP contribution in [0.5, 0.6) is 0 Å². The molecule has 0 saturated heterocycles. The molecule has 0 amide bonds. The van der Waals surface area contributed by atoms with Gasteiger partial charge in [0.05, 0.1) is 0 Å². The highest BCUT2D eigenvalue weighted by molar-refractivity contribution is 8.00. The van der Waals surface area contributed by atoms with E-state index < -0.39 is 0 Å². The summed E-state index contributed by atoms with van der Waals surface area (Å²) in [5, 5.41) is 3.72. The minimum Gasteiger partial charge on any atom is -0.313 e. The normalized spacial score (nSPS) is 25.8. The summed E-state index contributed by atoms with van der Waals surface area (Å²) < 4.78 is 0.410. The molecule has 2 heteroatoms. The molecule has 1 N–H and O–H groups in total. The molecule has 0 aromatic carbocycles. The zero-order chi connectivity index (χ0) is 11.5. The Kier molecular flexibility index (Phi) is 4.54. The molecule has 0 bridgehead atoms. The van der Waals surface area contributed by atoms with Crippen LogP contribution < -0.4 is 5.32 Å². The number of rotatable bonds is 4. The third-order valence-electron chi connectivity index (χ3n) is 3.29. The Bertz CT molecular complexity index is 193. The van der Waals surface area contributed by atoms with E-state index in [1.54, 1.807) is 0 Å². The van der Waals surface area contributed by atoms with E-state index in [2.05, 4.69) is 51.7 Å². The van der Waals surface area contributed by atoms with Crippen LogP contribution in [-0.4, -0.2) is 23.1 Å². The molecule has 0 radical (unpaired) electrons. The van der Waals surface area contributed by atoms with Crippen LogP contribution in [-0.2, 0) is 0 Å². The summed E-state index contributed by atoms with van der Waals surface area (Å²) in [6, 6.07) is 0.748. The fraction of sp³-hybridized carbons (Fsp3) is 1.00. The van der Waals surface area contributed by atoms with Crippen molar-refractivity contribution >= 4 is 11.8 Å². The number of thioether (sulfide) groups is 1. The molecule has 0 spiro atoms. The minimum absolute atomic E-state index is 0.410. The van der Waals surface area contributed by atoms with Crippen LogP contribution in [0.25, 0.3) is 0 Å². The second-order valence-electron chi connectivity index (χ2n) is 6.35. The third kappa shape index (κ3) is 4.78. The topological polar surface area (TPSA) is 12.0 Å². The Hall–Kier alpha value is 0.310. The van der Waals surface area contributed by atoms with E-state index in [-0.39, 0.29) is 0 Å². The molecule has 0 heterocycles. The van der Waals surface area contributed by atoms with E-state index in [1.165, 1.54) is 25.0 Å². The van der Waals surface area contributed by atoms with Crippen LogP contribution in [0, 0.1) is 5.41 Å². The highest BCUT2D eigenvalue weighted by atomic mass is 32.2. The van der Waals surface area contributed by atoms with Gasteiger partial charge in [0.15, 0.2) is 0 Å². The van der Waals surface area contributed by atoms with Gasteiger partial charge in [-0.1, -0.05) is 41.0 Å². The molecule has 1 nitrogen and oxygen atoms in total. The fourth-order valence-corrected chi connectivity index (χ4v) is 3.13. The van der Waals surface area contributed by atoms with Gasteiger partial charge in [-0.05, 0) is 18.3 Å². The molecule has 90 valence electrons. The van der Waals surface area contributed by atoms with Gasteiger partial charge in [-0.3, -0.25) is 0 Å². The summed E-state index contributed by atoms with van der Waals surface area (Å²) >= 11 is 2.05. The highest BCUT2D eigenvalue weighted by Gasteiger charge is 2.33. The molecule has 1 rings (SSSR count). The van der Waals surface area contributed by atoms with Crippen molar-refractivity contribution in [3.8, 4) is 0 Å². The Balaban J connectivity index is 2.15. The number of nitrogens with one attached hydrogen (secondary N) is 1. The van der Waals surface area contributed by atoms with Gasteiger partial charge in [0.1, 0.15) is 0 Å². The molecule has 15 heavy (non-hydrogen) atoms. The largest absolute Gasteiger partial charge is 0.313 e. The average molecular weight is 229 g/mol. The standard InChI is InChI=1S/C13H27NS/c1-12(2,3)15-10-9-14-11-7-6-8-13(11,4)5/h11,14H,6-10H2,1-5H3. The molecule has 1 fully saturated rings. The lowest BCUT2D eigenvalue weighted by atomic mass is 9.87. The third-order valence-corrected chi connectivity index (χ3v) is 4.56. The van der Waals surface area contributed by atoms with Crippen molar-refractivity contribution in [2.24, 2.45) is 5.41 Å². The van der Waals surface area contributed by atoms with E-state index >= 15 is 0 Å². The molecule has 1 saturated carbocycles. The second-order valence-corrected chi connectivity index (χ2v) is 8.27. The van der Waals surface area contributed by atoms with Crippen molar-refractivity contribution in [2.75, 3.05) is 12.3 Å². The first-order valence-electron chi connectivity index (χ1n) is 6.19. The molecular formula is C13H27NS. The van der Waals surface area contributed by atoms with Gasteiger partial charge in [0.25, 0.3) is 0 Å². The summed E-state index contributed by atoms with van der Waals surface area (Å²) in [5.74, 6) is 1.23. The van der Waals surface area contributed by atoms with E-state index in [0.717, 1.165) is 12.6 Å². The van der Waals surface area contributed by atoms with Gasteiger partial charge >= 0.3 is 0 Å². The molecule has 0 aliphatic heterocycles. The molecule has 1 atom stereocenters. The smallest absolute Gasteiger partial charge is 0.0119 e. The average Bonchev–Trinajstić information content (AvgIpc) is 2.37. The quantitative estimate of drug-likeness (QED) is 0.738. The molecule has 0 aromatic heterocycles. The van der Waals surface area contributed by atoms with Crippen molar-refractivity contribution in [3.05, 3.63) is 0 Å². The van der Waals surface area contributed by atoms with Crippen LogP contribution in [0.1, 0.15) is 53.9 Å². The van der Waals surface area contributed by atoms with Gasteiger partial charge in [-0.15, -0.1) is 0 Å². The predicted octanol–water partition coefficient (Wildman–Crippen LogP) is 3.69. The Morgan fingerprint density at radius 2 is 2.00 bits per heavy atom. The zero-order valence-electron chi connectivity index (χ0n) is 11.0. The van der Waals surface area contributed by atoms with Gasteiger partial charge in [0, 0.05) is 23.1 Å². The lowest BCUT2D eigenvalue weighted by Crippen LogP contribution is -2.39. The Morgan fingerprint density at radius 1 is 1.33 bits per heavy atom. The Morgan fingerprint density at radius 3 is 2.47 bits per heavy atom. The molecule has 0 aromatic rings.